The van der Waals surface area contributed by atoms with Crippen LogP contribution in [0.15, 0.2) is 4.99 Å². The summed E-state index contributed by atoms with van der Waals surface area (Å²) in [5, 5.41) is 9.87. The number of amides is 1. The predicted molar refractivity (Wildman–Crippen MR) is 112 cm³/mol. The van der Waals surface area contributed by atoms with E-state index in [-0.39, 0.29) is 35.8 Å². The van der Waals surface area contributed by atoms with Crippen LogP contribution in [-0.4, -0.2) is 61.6 Å². The molecule has 0 spiro atoms. The fourth-order valence-corrected chi connectivity index (χ4v) is 3.86. The molecule has 3 aliphatic rings. The highest BCUT2D eigenvalue weighted by Crippen LogP contribution is 2.28. The summed E-state index contributed by atoms with van der Waals surface area (Å²) in [4.78, 5) is 18.9. The van der Waals surface area contributed by atoms with Crippen molar-refractivity contribution in [1.82, 2.24) is 20.9 Å². The van der Waals surface area contributed by atoms with Gasteiger partial charge in [0.25, 0.3) is 0 Å². The van der Waals surface area contributed by atoms with Crippen LogP contribution in [0.25, 0.3) is 0 Å². The van der Waals surface area contributed by atoms with Crippen LogP contribution in [0.3, 0.4) is 0 Å². The van der Waals surface area contributed by atoms with Gasteiger partial charge in [-0.3, -0.25) is 14.7 Å². The molecule has 6 nitrogen and oxygen atoms in total. The molecule has 1 heterocycles. The molecule has 0 aromatic heterocycles. The molecule has 0 aromatic carbocycles. The summed E-state index contributed by atoms with van der Waals surface area (Å²) in [6.07, 6.45) is 8.85. The zero-order chi connectivity index (χ0) is 16.8. The molecule has 3 N–H and O–H groups in total. The maximum atomic E-state index is 11.6. The molecule has 1 saturated heterocycles. The van der Waals surface area contributed by atoms with Crippen LogP contribution in [-0.2, 0) is 4.79 Å². The number of nitrogens with one attached hydrogen (secondary N) is 3. The number of likely N-dealkylation sites (tertiary alicyclic amines) is 1. The smallest absolute Gasteiger partial charge is 0.223 e. The van der Waals surface area contributed by atoms with Crippen molar-refractivity contribution in [2.75, 3.05) is 32.7 Å². The van der Waals surface area contributed by atoms with Gasteiger partial charge in [0.2, 0.25) is 5.91 Å². The number of rotatable bonds is 7. The Balaban J connectivity index is 0.00000225. The lowest BCUT2D eigenvalue weighted by Gasteiger charge is -2.24. The number of nitrogens with zero attached hydrogens (tertiary/aromatic N) is 2. The molecule has 1 atom stereocenters. The standard InChI is InChI=1S/C18H33N5O.HI/c1-2-19-18(21-11-10-20-17(24)14-7-8-14)22-15-9-12-23(13-15)16-5-3-4-6-16;/h14-16H,2-13H2,1H3,(H,20,24)(H2,19,21,22);1H. The van der Waals surface area contributed by atoms with Gasteiger partial charge in [-0.15, -0.1) is 24.0 Å². The van der Waals surface area contributed by atoms with Crippen LogP contribution >= 0.6 is 24.0 Å². The maximum Gasteiger partial charge on any atom is 0.223 e. The minimum atomic E-state index is 0. The molecule has 0 bridgehead atoms. The molecular formula is C18H34IN5O. The first-order valence-electron chi connectivity index (χ1n) is 9.83. The average molecular weight is 463 g/mol. The third-order valence-electron chi connectivity index (χ3n) is 5.37. The highest BCUT2D eigenvalue weighted by atomic mass is 127. The van der Waals surface area contributed by atoms with E-state index < -0.39 is 0 Å². The zero-order valence-electron chi connectivity index (χ0n) is 15.4. The fraction of sp³-hybridized carbons (Fsp3) is 0.889. The second kappa shape index (κ2) is 10.5. The molecule has 7 heteroatoms. The number of hydrogen-bond acceptors (Lipinski definition) is 3. The second-order valence-corrected chi connectivity index (χ2v) is 7.39. The monoisotopic (exact) mass is 463 g/mol. The van der Waals surface area contributed by atoms with E-state index in [1.165, 1.54) is 38.6 Å². The van der Waals surface area contributed by atoms with Crippen LogP contribution in [0, 0.1) is 5.92 Å². The van der Waals surface area contributed by atoms with Crippen molar-refractivity contribution in [3.8, 4) is 0 Å². The molecule has 3 fully saturated rings. The van der Waals surface area contributed by atoms with Gasteiger partial charge in [0.15, 0.2) is 5.96 Å². The Morgan fingerprint density at radius 3 is 2.56 bits per heavy atom. The highest BCUT2D eigenvalue weighted by molar-refractivity contribution is 14.0. The molecule has 0 aromatic rings. The van der Waals surface area contributed by atoms with E-state index in [0.29, 0.717) is 19.1 Å². The Bertz CT molecular complexity index is 449. The second-order valence-electron chi connectivity index (χ2n) is 7.39. The molecule has 1 amide bonds. The Hall–Kier alpha value is -0.570. The Morgan fingerprint density at radius 1 is 1.12 bits per heavy atom. The molecule has 1 aliphatic heterocycles. The van der Waals surface area contributed by atoms with Crippen molar-refractivity contribution in [3.63, 3.8) is 0 Å². The number of hydrogen-bond donors (Lipinski definition) is 3. The van der Waals surface area contributed by atoms with Crippen LogP contribution in [0.1, 0.15) is 51.9 Å². The lowest BCUT2D eigenvalue weighted by atomic mass is 10.2. The summed E-state index contributed by atoms with van der Waals surface area (Å²) < 4.78 is 0. The number of guanidine groups is 1. The van der Waals surface area contributed by atoms with E-state index in [4.69, 9.17) is 0 Å². The lowest BCUT2D eigenvalue weighted by molar-refractivity contribution is -0.122. The SMILES string of the molecule is CCNC(=NCCNC(=O)C1CC1)NC1CCN(C2CCCC2)C1.I. The van der Waals surface area contributed by atoms with Crippen LogP contribution < -0.4 is 16.0 Å². The molecule has 2 saturated carbocycles. The minimum Gasteiger partial charge on any atom is -0.357 e. The summed E-state index contributed by atoms with van der Waals surface area (Å²) in [5.41, 5.74) is 0. The van der Waals surface area contributed by atoms with Gasteiger partial charge in [-0.2, -0.15) is 0 Å². The summed E-state index contributed by atoms with van der Waals surface area (Å²) in [7, 11) is 0. The number of halogens is 1. The maximum absolute atomic E-state index is 11.6. The Morgan fingerprint density at radius 2 is 1.88 bits per heavy atom. The van der Waals surface area contributed by atoms with E-state index in [2.05, 4.69) is 32.8 Å². The summed E-state index contributed by atoms with van der Waals surface area (Å²) in [6, 6.07) is 1.30. The van der Waals surface area contributed by atoms with E-state index in [1.807, 2.05) is 0 Å². The third-order valence-corrected chi connectivity index (χ3v) is 5.37. The van der Waals surface area contributed by atoms with E-state index in [9.17, 15) is 4.79 Å². The largest absolute Gasteiger partial charge is 0.357 e. The Labute approximate surface area is 169 Å². The summed E-state index contributed by atoms with van der Waals surface area (Å²) >= 11 is 0. The lowest BCUT2D eigenvalue weighted by Crippen LogP contribution is -2.45. The van der Waals surface area contributed by atoms with Gasteiger partial charge in [0.1, 0.15) is 0 Å². The number of carbonyl (C=O) groups excluding carboxylic acids is 1. The summed E-state index contributed by atoms with van der Waals surface area (Å²) in [6.45, 7) is 6.55. The molecule has 25 heavy (non-hydrogen) atoms. The van der Waals surface area contributed by atoms with E-state index in [1.54, 1.807) is 0 Å². The van der Waals surface area contributed by atoms with Crippen molar-refractivity contribution < 1.29 is 4.79 Å². The summed E-state index contributed by atoms with van der Waals surface area (Å²) in [5.74, 6) is 1.36. The van der Waals surface area contributed by atoms with Crippen molar-refractivity contribution >= 4 is 35.8 Å². The first kappa shape index (κ1) is 20.7. The quantitative estimate of drug-likeness (QED) is 0.233. The van der Waals surface area contributed by atoms with Crippen molar-refractivity contribution in [2.45, 2.75) is 64.0 Å². The fourth-order valence-electron chi connectivity index (χ4n) is 3.86. The molecule has 144 valence electrons. The highest BCUT2D eigenvalue weighted by Gasteiger charge is 2.30. The van der Waals surface area contributed by atoms with Gasteiger partial charge in [-0.05, 0) is 39.0 Å². The van der Waals surface area contributed by atoms with Gasteiger partial charge in [-0.25, -0.2) is 0 Å². The van der Waals surface area contributed by atoms with Crippen LogP contribution in [0.4, 0.5) is 0 Å². The van der Waals surface area contributed by atoms with Crippen LogP contribution in [0.2, 0.25) is 0 Å². The molecule has 0 radical (unpaired) electrons. The van der Waals surface area contributed by atoms with E-state index in [0.717, 1.165) is 37.9 Å². The normalized spacial score (nSPS) is 24.8. The molecule has 2 aliphatic carbocycles. The topological polar surface area (TPSA) is 68.8 Å². The van der Waals surface area contributed by atoms with Gasteiger partial charge in [0, 0.05) is 44.2 Å². The van der Waals surface area contributed by atoms with Crippen molar-refractivity contribution in [2.24, 2.45) is 10.9 Å². The number of aliphatic imine (C=N–C) groups is 1. The van der Waals surface area contributed by atoms with Gasteiger partial charge in [0.05, 0.1) is 6.54 Å². The van der Waals surface area contributed by atoms with Gasteiger partial charge >= 0.3 is 0 Å². The van der Waals surface area contributed by atoms with Crippen molar-refractivity contribution in [3.05, 3.63) is 0 Å². The average Bonchev–Trinajstić information content (AvgIpc) is 3.09. The first-order chi connectivity index (χ1) is 11.8. The van der Waals surface area contributed by atoms with Crippen molar-refractivity contribution in [1.29, 1.82) is 0 Å². The number of carbonyl (C=O) groups is 1. The minimum absolute atomic E-state index is 0. The molecular weight excluding hydrogens is 429 g/mol. The molecule has 1 unspecified atom stereocenters. The molecule has 3 rings (SSSR count). The first-order valence-corrected chi connectivity index (χ1v) is 9.83. The zero-order valence-corrected chi connectivity index (χ0v) is 17.8. The van der Waals surface area contributed by atoms with Gasteiger partial charge in [-0.1, -0.05) is 12.8 Å². The third kappa shape index (κ3) is 6.58. The van der Waals surface area contributed by atoms with Crippen LogP contribution in [0.5, 0.6) is 0 Å². The Kier molecular flexibility index (Phi) is 8.75. The van der Waals surface area contributed by atoms with Gasteiger partial charge < -0.3 is 16.0 Å². The van der Waals surface area contributed by atoms with E-state index >= 15 is 0 Å². The predicted octanol–water partition coefficient (Wildman–Crippen LogP) is 1.70.